The second-order valence-electron chi connectivity index (χ2n) is 3.57. The van der Waals surface area contributed by atoms with E-state index in [0.717, 1.165) is 0 Å². The number of hydrogen-bond donors (Lipinski definition) is 1. The van der Waals surface area contributed by atoms with Gasteiger partial charge in [-0.2, -0.15) is 0 Å². The molecular weight excluding hydrogens is 194 g/mol. The van der Waals surface area contributed by atoms with E-state index in [-0.39, 0.29) is 12.3 Å². The third-order valence-corrected chi connectivity index (χ3v) is 2.39. The fourth-order valence-corrected chi connectivity index (χ4v) is 1.41. The number of nitrogens with two attached hydrogens (primary N) is 1. The van der Waals surface area contributed by atoms with Crippen molar-refractivity contribution in [2.24, 2.45) is 5.73 Å². The van der Waals surface area contributed by atoms with Crippen LogP contribution in [0.4, 0.5) is 4.79 Å². The van der Waals surface area contributed by atoms with Crippen LogP contribution < -0.4 is 5.73 Å². The first kappa shape index (κ1) is 12.4. The number of rotatable bonds is 2. The maximum atomic E-state index is 11.1. The van der Waals surface area contributed by atoms with Crippen LogP contribution in [-0.2, 0) is 14.6 Å². The van der Waals surface area contributed by atoms with E-state index in [1.54, 1.807) is 20.8 Å². The van der Waals surface area contributed by atoms with Crippen LogP contribution in [0.5, 0.6) is 0 Å². The molecule has 78 valence electrons. The molecule has 0 amide bonds. The molecule has 0 atom stereocenters. The van der Waals surface area contributed by atoms with Crippen molar-refractivity contribution in [2.45, 2.75) is 26.4 Å². The molecule has 0 aromatic rings. The van der Waals surface area contributed by atoms with Gasteiger partial charge in [-0.3, -0.25) is 0 Å². The Kier molecular flexibility index (Phi) is 3.87. The zero-order valence-corrected chi connectivity index (χ0v) is 8.85. The zero-order valence-electron chi connectivity index (χ0n) is 8.03. The molecule has 0 heterocycles. The van der Waals surface area contributed by atoms with Gasteiger partial charge in [0.05, 0.1) is 5.75 Å². The lowest BCUT2D eigenvalue weighted by atomic mass is 10.2. The maximum absolute atomic E-state index is 11.1. The Labute approximate surface area is 78.2 Å². The normalized spacial score (nSPS) is 12.6. The average molecular weight is 209 g/mol. The molecule has 0 spiro atoms. The fourth-order valence-electron chi connectivity index (χ4n) is 0.552. The summed E-state index contributed by atoms with van der Waals surface area (Å²) in [6, 6.07) is 0. The van der Waals surface area contributed by atoms with Gasteiger partial charge in [0.15, 0.2) is 0 Å². The van der Waals surface area contributed by atoms with Crippen LogP contribution in [0.15, 0.2) is 0 Å². The van der Waals surface area contributed by atoms with Gasteiger partial charge in [0.1, 0.15) is 5.60 Å². The largest absolute Gasteiger partial charge is 0.448 e. The lowest BCUT2D eigenvalue weighted by Crippen LogP contribution is -2.31. The number of ether oxygens (including phenoxy) is 1. The first-order valence-electron chi connectivity index (χ1n) is 3.85. The van der Waals surface area contributed by atoms with E-state index in [4.69, 9.17) is 5.73 Å². The summed E-state index contributed by atoms with van der Waals surface area (Å²) in [5.41, 5.74) is 4.24. The van der Waals surface area contributed by atoms with Gasteiger partial charge in [0.2, 0.25) is 0 Å². The highest BCUT2D eigenvalue weighted by atomic mass is 32.2. The monoisotopic (exact) mass is 209 g/mol. The minimum Gasteiger partial charge on any atom is -0.448 e. The predicted octanol–water partition coefficient (Wildman–Crippen LogP) is 0.295. The van der Waals surface area contributed by atoms with E-state index in [9.17, 15) is 13.2 Å². The Morgan fingerprint density at radius 1 is 1.38 bits per heavy atom. The van der Waals surface area contributed by atoms with Crippen molar-refractivity contribution in [3.8, 4) is 0 Å². The number of hydrogen-bond acceptors (Lipinski definition) is 5. The Morgan fingerprint density at radius 2 is 1.85 bits per heavy atom. The van der Waals surface area contributed by atoms with E-state index in [1.165, 1.54) is 0 Å². The molecule has 0 aromatic carbocycles. The Hall–Kier alpha value is -0.620. The second kappa shape index (κ2) is 4.06. The van der Waals surface area contributed by atoms with Crippen LogP contribution in [0, 0.1) is 0 Å². The lowest BCUT2D eigenvalue weighted by molar-refractivity contribution is 0.0719. The van der Waals surface area contributed by atoms with Gasteiger partial charge in [0.25, 0.3) is 9.84 Å². The summed E-state index contributed by atoms with van der Waals surface area (Å²) in [5, 5.41) is -1.20. The van der Waals surface area contributed by atoms with E-state index >= 15 is 0 Å². The average Bonchev–Trinajstić information content (AvgIpc) is 1.82. The summed E-state index contributed by atoms with van der Waals surface area (Å²) in [6.07, 6.45) is 0. The van der Waals surface area contributed by atoms with Crippen LogP contribution in [0.2, 0.25) is 0 Å². The number of carbonyl (C=O) groups excluding carboxylic acids is 1. The van der Waals surface area contributed by atoms with Gasteiger partial charge in [-0.05, 0) is 20.8 Å². The van der Waals surface area contributed by atoms with Gasteiger partial charge in [0, 0.05) is 6.54 Å². The van der Waals surface area contributed by atoms with Crippen molar-refractivity contribution in [1.29, 1.82) is 0 Å². The van der Waals surface area contributed by atoms with Crippen molar-refractivity contribution < 1.29 is 17.9 Å². The van der Waals surface area contributed by atoms with Crippen LogP contribution >= 0.6 is 0 Å². The standard InChI is InChI=1S/C7H15NO4S/c1-7(2,3)12-6(9)13(10,11)5-4-8/h4-5,8H2,1-3H3. The van der Waals surface area contributed by atoms with Crippen molar-refractivity contribution >= 4 is 15.1 Å². The summed E-state index contributed by atoms with van der Waals surface area (Å²) in [6.45, 7) is 4.72. The minimum absolute atomic E-state index is 0.0818. The second-order valence-corrected chi connectivity index (χ2v) is 5.54. The molecule has 0 saturated carbocycles. The van der Waals surface area contributed by atoms with Gasteiger partial charge < -0.3 is 10.5 Å². The summed E-state index contributed by atoms with van der Waals surface area (Å²) in [7, 11) is -3.83. The molecule has 0 bridgehead atoms. The molecule has 5 nitrogen and oxygen atoms in total. The minimum atomic E-state index is -3.83. The number of sulfone groups is 1. The molecule has 0 rings (SSSR count). The molecule has 6 heteroatoms. The fraction of sp³-hybridized carbons (Fsp3) is 0.857. The third-order valence-electron chi connectivity index (χ3n) is 1.03. The topological polar surface area (TPSA) is 86.5 Å². The molecule has 0 unspecified atom stereocenters. The van der Waals surface area contributed by atoms with E-state index in [2.05, 4.69) is 4.74 Å². The molecule has 0 fully saturated rings. The van der Waals surface area contributed by atoms with Crippen LogP contribution in [0.1, 0.15) is 20.8 Å². The quantitative estimate of drug-likeness (QED) is 0.661. The Balaban J connectivity index is 4.45. The maximum Gasteiger partial charge on any atom is 0.425 e. The molecule has 0 aromatic heterocycles. The summed E-state index contributed by atoms with van der Waals surface area (Å²) >= 11 is 0. The van der Waals surface area contributed by atoms with Crippen molar-refractivity contribution in [2.75, 3.05) is 12.3 Å². The van der Waals surface area contributed by atoms with E-state index < -0.39 is 20.7 Å². The van der Waals surface area contributed by atoms with Crippen molar-refractivity contribution in [1.82, 2.24) is 0 Å². The zero-order chi connectivity index (χ0) is 10.7. The molecule has 2 N–H and O–H groups in total. The van der Waals surface area contributed by atoms with Crippen molar-refractivity contribution in [3.63, 3.8) is 0 Å². The predicted molar refractivity (Wildman–Crippen MR) is 49.1 cm³/mol. The summed E-state index contributed by atoms with van der Waals surface area (Å²) in [4.78, 5) is 11.0. The summed E-state index contributed by atoms with van der Waals surface area (Å²) < 4.78 is 26.8. The van der Waals surface area contributed by atoms with Gasteiger partial charge >= 0.3 is 5.30 Å². The molecule has 0 aliphatic carbocycles. The highest BCUT2D eigenvalue weighted by Crippen LogP contribution is 2.10. The molecule has 0 radical (unpaired) electrons. The first-order valence-corrected chi connectivity index (χ1v) is 5.50. The van der Waals surface area contributed by atoms with Crippen molar-refractivity contribution in [3.05, 3.63) is 0 Å². The first-order chi connectivity index (χ1) is 5.69. The third kappa shape index (κ3) is 4.84. The Morgan fingerprint density at radius 3 is 2.15 bits per heavy atom. The van der Waals surface area contributed by atoms with Gasteiger partial charge in [-0.25, -0.2) is 13.2 Å². The highest BCUT2D eigenvalue weighted by Gasteiger charge is 2.27. The summed E-state index contributed by atoms with van der Waals surface area (Å²) in [5.74, 6) is -0.373. The molecule has 13 heavy (non-hydrogen) atoms. The van der Waals surface area contributed by atoms with Crippen LogP contribution in [0.3, 0.4) is 0 Å². The van der Waals surface area contributed by atoms with E-state index in [1.807, 2.05) is 0 Å². The van der Waals surface area contributed by atoms with Crippen LogP contribution in [-0.4, -0.2) is 31.6 Å². The van der Waals surface area contributed by atoms with Gasteiger partial charge in [-0.15, -0.1) is 0 Å². The highest BCUT2D eigenvalue weighted by molar-refractivity contribution is 8.05. The van der Waals surface area contributed by atoms with E-state index in [0.29, 0.717) is 0 Å². The smallest absolute Gasteiger partial charge is 0.425 e. The van der Waals surface area contributed by atoms with Crippen LogP contribution in [0.25, 0.3) is 0 Å². The molecule has 0 aliphatic heterocycles. The lowest BCUT2D eigenvalue weighted by Gasteiger charge is -2.18. The molecule has 0 saturated heterocycles. The molecular formula is C7H15NO4S. The van der Waals surface area contributed by atoms with Gasteiger partial charge in [-0.1, -0.05) is 0 Å². The Bertz CT molecular complexity index is 275. The number of carbonyl (C=O) groups is 1. The SMILES string of the molecule is CC(C)(C)OC(=O)S(=O)(=O)CCN. The molecule has 0 aliphatic rings.